The second-order valence-electron chi connectivity index (χ2n) is 1.48. The molecule has 5 heteroatoms. The van der Waals surface area contributed by atoms with Crippen molar-refractivity contribution in [3.63, 3.8) is 0 Å². The fraction of sp³-hybridized carbons (Fsp3) is 0.400. The number of carbonyl (C=O) groups excluding carboxylic acids is 1. The molecule has 0 rings (SSSR count). The molecule has 58 valence electrons. The lowest BCUT2D eigenvalue weighted by atomic mass is 10.4. The van der Waals surface area contributed by atoms with Gasteiger partial charge in [-0.2, -0.15) is 13.2 Å². The minimum atomic E-state index is -4.76. The fourth-order valence-corrected chi connectivity index (χ4v) is 0.254. The summed E-state index contributed by atoms with van der Waals surface area (Å²) in [6.07, 6.45) is -3.40. The first kappa shape index (κ1) is 9.00. The highest BCUT2D eigenvalue weighted by Crippen LogP contribution is 2.15. The van der Waals surface area contributed by atoms with Crippen LogP contribution in [-0.4, -0.2) is 19.0 Å². The maximum Gasteiger partial charge on any atom is 0.454 e. The Morgan fingerprint density at radius 1 is 1.50 bits per heavy atom. The van der Waals surface area contributed by atoms with Crippen LogP contribution in [0.5, 0.6) is 0 Å². The summed E-state index contributed by atoms with van der Waals surface area (Å²) in [4.78, 5) is 9.97. The third kappa shape index (κ3) is 3.11. The van der Waals surface area contributed by atoms with E-state index in [1.165, 1.54) is 7.05 Å². The van der Waals surface area contributed by atoms with Gasteiger partial charge in [0.15, 0.2) is 0 Å². The van der Waals surface area contributed by atoms with Crippen LogP contribution in [0.25, 0.3) is 0 Å². The molecule has 1 N–H and O–H groups in total. The molecule has 0 spiro atoms. The summed E-state index contributed by atoms with van der Waals surface area (Å²) in [5, 5.41) is 2.27. The second-order valence-corrected chi connectivity index (χ2v) is 1.48. The molecule has 0 aromatic carbocycles. The Morgan fingerprint density at radius 3 is 2.30 bits per heavy atom. The third-order valence-corrected chi connectivity index (χ3v) is 0.681. The van der Waals surface area contributed by atoms with Crippen LogP contribution in [0.4, 0.5) is 13.2 Å². The molecule has 0 atom stereocenters. The van der Waals surface area contributed by atoms with E-state index in [0.717, 1.165) is 6.20 Å². The van der Waals surface area contributed by atoms with E-state index in [-0.39, 0.29) is 0 Å². The van der Waals surface area contributed by atoms with Crippen LogP contribution in [0.1, 0.15) is 0 Å². The van der Waals surface area contributed by atoms with Crippen LogP contribution in [0, 0.1) is 0 Å². The molecule has 0 unspecified atom stereocenters. The standard InChI is InChI=1S/C5H6F3NO/c1-9-3-2-4(10)5(6,7)8/h2-3,9H,1H3. The molecule has 0 aliphatic carbocycles. The molecule has 0 aliphatic heterocycles. The van der Waals surface area contributed by atoms with Crippen molar-refractivity contribution >= 4 is 5.78 Å². The van der Waals surface area contributed by atoms with Crippen molar-refractivity contribution in [1.82, 2.24) is 5.32 Å². The monoisotopic (exact) mass is 153 g/mol. The Hall–Kier alpha value is -1.00. The molecule has 0 aromatic heterocycles. The summed E-state index contributed by atoms with van der Waals surface area (Å²) in [7, 11) is 1.40. The van der Waals surface area contributed by atoms with Crippen LogP contribution >= 0.6 is 0 Å². The molecule has 0 aromatic rings. The van der Waals surface area contributed by atoms with Gasteiger partial charge in [-0.25, -0.2) is 0 Å². The molecule has 0 aliphatic rings. The third-order valence-electron chi connectivity index (χ3n) is 0.681. The zero-order chi connectivity index (χ0) is 8.20. The van der Waals surface area contributed by atoms with Gasteiger partial charge in [-0.1, -0.05) is 0 Å². The second kappa shape index (κ2) is 3.24. The van der Waals surface area contributed by atoms with Crippen LogP contribution in [0.15, 0.2) is 12.3 Å². The van der Waals surface area contributed by atoms with Gasteiger partial charge in [0.25, 0.3) is 5.78 Å². The van der Waals surface area contributed by atoms with Crippen LogP contribution in [0.3, 0.4) is 0 Å². The van der Waals surface area contributed by atoms with E-state index in [9.17, 15) is 18.0 Å². The summed E-state index contributed by atoms with van der Waals surface area (Å²) in [5.74, 6) is -1.86. The highest BCUT2D eigenvalue weighted by Gasteiger charge is 2.35. The van der Waals surface area contributed by atoms with Crippen molar-refractivity contribution in [2.45, 2.75) is 6.18 Å². The van der Waals surface area contributed by atoms with E-state index in [1.807, 2.05) is 0 Å². The average molecular weight is 153 g/mol. The summed E-state index contributed by atoms with van der Waals surface area (Å²) in [6.45, 7) is 0. The number of alkyl halides is 3. The maximum atomic E-state index is 11.3. The predicted octanol–water partition coefficient (Wildman–Crippen LogP) is 0.851. The largest absolute Gasteiger partial charge is 0.454 e. The Kier molecular flexibility index (Phi) is 2.92. The van der Waals surface area contributed by atoms with Crippen molar-refractivity contribution in [2.24, 2.45) is 0 Å². The molecule has 0 saturated carbocycles. The summed E-state index contributed by atoms with van der Waals surface area (Å²) in [6, 6.07) is 0. The van der Waals surface area contributed by atoms with Crippen LogP contribution in [0.2, 0.25) is 0 Å². The number of hydrogen-bond donors (Lipinski definition) is 1. The highest BCUT2D eigenvalue weighted by molar-refractivity contribution is 5.94. The lowest BCUT2D eigenvalue weighted by Gasteiger charge is -1.98. The zero-order valence-corrected chi connectivity index (χ0v) is 5.20. The van der Waals surface area contributed by atoms with Gasteiger partial charge in [0, 0.05) is 19.3 Å². The maximum absolute atomic E-state index is 11.3. The lowest BCUT2D eigenvalue weighted by Crippen LogP contribution is -2.20. The highest BCUT2D eigenvalue weighted by atomic mass is 19.4. The minimum Gasteiger partial charge on any atom is -0.394 e. The smallest absolute Gasteiger partial charge is 0.394 e. The van der Waals surface area contributed by atoms with Crippen molar-refractivity contribution < 1.29 is 18.0 Å². The number of rotatable bonds is 2. The van der Waals surface area contributed by atoms with Gasteiger partial charge in [0.05, 0.1) is 0 Å². The van der Waals surface area contributed by atoms with E-state index < -0.39 is 12.0 Å². The average Bonchev–Trinajstić information content (AvgIpc) is 1.80. The van der Waals surface area contributed by atoms with Crippen molar-refractivity contribution in [1.29, 1.82) is 0 Å². The number of carbonyl (C=O) groups is 1. The van der Waals surface area contributed by atoms with Crippen molar-refractivity contribution in [3.8, 4) is 0 Å². The first-order valence-corrected chi connectivity index (χ1v) is 2.43. The predicted molar refractivity (Wildman–Crippen MR) is 29.3 cm³/mol. The number of ketones is 1. The Morgan fingerprint density at radius 2 is 2.00 bits per heavy atom. The van der Waals surface area contributed by atoms with Gasteiger partial charge in [-0.15, -0.1) is 0 Å². The zero-order valence-electron chi connectivity index (χ0n) is 5.20. The van der Waals surface area contributed by atoms with Gasteiger partial charge < -0.3 is 5.32 Å². The molecule has 10 heavy (non-hydrogen) atoms. The summed E-state index contributed by atoms with van der Waals surface area (Å²) >= 11 is 0. The van der Waals surface area contributed by atoms with Crippen LogP contribution < -0.4 is 5.32 Å². The van der Waals surface area contributed by atoms with E-state index >= 15 is 0 Å². The molecule has 0 radical (unpaired) electrons. The fourth-order valence-electron chi connectivity index (χ4n) is 0.254. The molecule has 0 heterocycles. The first-order chi connectivity index (χ1) is 4.48. The molecule has 0 amide bonds. The van der Waals surface area contributed by atoms with Gasteiger partial charge in [0.2, 0.25) is 0 Å². The molecular weight excluding hydrogens is 147 g/mol. The van der Waals surface area contributed by atoms with Crippen molar-refractivity contribution in [2.75, 3.05) is 7.05 Å². The molecule has 0 fully saturated rings. The lowest BCUT2D eigenvalue weighted by molar-refractivity contribution is -0.165. The normalized spacial score (nSPS) is 12.0. The van der Waals surface area contributed by atoms with E-state index in [4.69, 9.17) is 0 Å². The number of hydrogen-bond acceptors (Lipinski definition) is 2. The quantitative estimate of drug-likeness (QED) is 0.596. The topological polar surface area (TPSA) is 29.1 Å². The summed E-state index contributed by atoms with van der Waals surface area (Å²) in [5.41, 5.74) is 0. The number of nitrogens with one attached hydrogen (secondary N) is 1. The number of halogens is 3. The van der Waals surface area contributed by atoms with E-state index in [1.54, 1.807) is 0 Å². The van der Waals surface area contributed by atoms with Gasteiger partial charge in [-0.3, -0.25) is 4.79 Å². The first-order valence-electron chi connectivity index (χ1n) is 2.43. The SMILES string of the molecule is CNC=CC(=O)C(F)(F)F. The van der Waals surface area contributed by atoms with Crippen molar-refractivity contribution in [3.05, 3.63) is 12.3 Å². The number of allylic oxidation sites excluding steroid dienone is 1. The minimum absolute atomic E-state index is 0.431. The Balaban J connectivity index is 3.98. The van der Waals surface area contributed by atoms with Crippen LogP contribution in [-0.2, 0) is 4.79 Å². The van der Waals surface area contributed by atoms with Gasteiger partial charge >= 0.3 is 6.18 Å². The molecular formula is C5H6F3NO. The Bertz CT molecular complexity index is 149. The molecule has 0 bridgehead atoms. The molecule has 0 saturated heterocycles. The molecule has 2 nitrogen and oxygen atoms in total. The van der Waals surface area contributed by atoms with E-state index in [0.29, 0.717) is 6.08 Å². The Labute approximate surface area is 55.7 Å². The van der Waals surface area contributed by atoms with Gasteiger partial charge in [-0.05, 0) is 0 Å². The van der Waals surface area contributed by atoms with E-state index in [2.05, 4.69) is 5.32 Å². The van der Waals surface area contributed by atoms with Gasteiger partial charge in [0.1, 0.15) is 0 Å². The summed E-state index contributed by atoms with van der Waals surface area (Å²) < 4.78 is 34.0.